The van der Waals surface area contributed by atoms with Crippen molar-refractivity contribution in [1.82, 2.24) is 10.2 Å². The molecule has 0 aliphatic heterocycles. The number of hydrogen-bond donors (Lipinski definition) is 1. The summed E-state index contributed by atoms with van der Waals surface area (Å²) in [5.41, 5.74) is 0.807. The van der Waals surface area contributed by atoms with Gasteiger partial charge in [-0.15, -0.1) is 0 Å². The summed E-state index contributed by atoms with van der Waals surface area (Å²) >= 11 is 6.17. The van der Waals surface area contributed by atoms with Gasteiger partial charge in [0.1, 0.15) is 18.4 Å². The van der Waals surface area contributed by atoms with Crippen LogP contribution < -0.4 is 9.62 Å². The summed E-state index contributed by atoms with van der Waals surface area (Å²) in [4.78, 5) is 28.2. The number of hydrogen-bond acceptors (Lipinski definition) is 4. The van der Waals surface area contributed by atoms with Crippen molar-refractivity contribution in [3.8, 4) is 0 Å². The largest absolute Gasteiger partial charge is 0.354 e. The Hall–Kier alpha value is -3.43. The van der Waals surface area contributed by atoms with Crippen LogP contribution >= 0.6 is 11.6 Å². The molecular weight excluding hydrogens is 529 g/mol. The van der Waals surface area contributed by atoms with Crippen molar-refractivity contribution in [3.05, 3.63) is 95.3 Å². The number of rotatable bonds is 12. The normalized spacial score (nSPS) is 12.0. The summed E-state index contributed by atoms with van der Waals surface area (Å²) in [5, 5.41) is 3.12. The minimum absolute atomic E-state index is 0.00518. The first-order chi connectivity index (χ1) is 18.2. The molecule has 0 aliphatic carbocycles. The predicted molar refractivity (Wildman–Crippen MR) is 147 cm³/mol. The number of benzene rings is 3. The Balaban J connectivity index is 2.03. The number of sulfonamides is 1. The van der Waals surface area contributed by atoms with Gasteiger partial charge < -0.3 is 10.2 Å². The highest BCUT2D eigenvalue weighted by Crippen LogP contribution is 2.27. The number of anilines is 1. The molecule has 0 bridgehead atoms. The second-order valence-corrected chi connectivity index (χ2v) is 11.0. The molecule has 1 atom stereocenters. The molecular formula is C28H31ClFN3O4S. The Morgan fingerprint density at radius 2 is 1.66 bits per heavy atom. The topological polar surface area (TPSA) is 86.8 Å². The minimum Gasteiger partial charge on any atom is -0.354 e. The Labute approximate surface area is 228 Å². The van der Waals surface area contributed by atoms with E-state index in [1.165, 1.54) is 47.4 Å². The quantitative estimate of drug-likeness (QED) is 0.338. The number of halogens is 2. The van der Waals surface area contributed by atoms with Gasteiger partial charge >= 0.3 is 0 Å². The smallest absolute Gasteiger partial charge is 0.264 e. The molecule has 3 aromatic carbocycles. The molecule has 0 aromatic heterocycles. The van der Waals surface area contributed by atoms with Gasteiger partial charge in [0.15, 0.2) is 0 Å². The number of amides is 2. The summed E-state index contributed by atoms with van der Waals surface area (Å²) in [6.45, 7) is 3.55. The van der Waals surface area contributed by atoms with E-state index in [9.17, 15) is 22.4 Å². The van der Waals surface area contributed by atoms with Crippen LogP contribution in [-0.2, 0) is 26.2 Å². The van der Waals surface area contributed by atoms with Crippen molar-refractivity contribution in [1.29, 1.82) is 0 Å². The van der Waals surface area contributed by atoms with Crippen LogP contribution in [0.1, 0.15) is 32.3 Å². The lowest BCUT2D eigenvalue weighted by Crippen LogP contribution is -2.52. The van der Waals surface area contributed by atoms with Gasteiger partial charge in [0.2, 0.25) is 11.8 Å². The van der Waals surface area contributed by atoms with Crippen molar-refractivity contribution < 1.29 is 22.4 Å². The van der Waals surface area contributed by atoms with Crippen LogP contribution in [0.15, 0.2) is 83.8 Å². The van der Waals surface area contributed by atoms with Crippen molar-refractivity contribution in [2.45, 2.75) is 44.2 Å². The van der Waals surface area contributed by atoms with Gasteiger partial charge in [0.25, 0.3) is 10.0 Å². The fraction of sp³-hybridized carbons (Fsp3) is 0.286. The third-order valence-electron chi connectivity index (χ3n) is 5.91. The molecule has 0 aliphatic rings. The van der Waals surface area contributed by atoms with Crippen LogP contribution in [-0.4, -0.2) is 44.3 Å². The van der Waals surface area contributed by atoms with Gasteiger partial charge in [-0.3, -0.25) is 13.9 Å². The molecule has 3 rings (SSSR count). The number of nitrogens with zero attached hydrogens (tertiary/aromatic N) is 2. The van der Waals surface area contributed by atoms with E-state index in [0.717, 1.165) is 4.31 Å². The maximum Gasteiger partial charge on any atom is 0.264 e. The van der Waals surface area contributed by atoms with E-state index >= 15 is 0 Å². The summed E-state index contributed by atoms with van der Waals surface area (Å²) in [7, 11) is -4.17. The van der Waals surface area contributed by atoms with E-state index in [0.29, 0.717) is 30.0 Å². The molecule has 0 saturated carbocycles. The van der Waals surface area contributed by atoms with Gasteiger partial charge in [-0.1, -0.05) is 61.8 Å². The fourth-order valence-corrected chi connectivity index (χ4v) is 5.56. The van der Waals surface area contributed by atoms with Gasteiger partial charge in [0, 0.05) is 18.1 Å². The van der Waals surface area contributed by atoms with Crippen LogP contribution in [0.2, 0.25) is 5.02 Å². The maximum absolute atomic E-state index is 13.9. The zero-order chi connectivity index (χ0) is 27.7. The van der Waals surface area contributed by atoms with Crippen molar-refractivity contribution in [2.24, 2.45) is 0 Å². The van der Waals surface area contributed by atoms with Crippen molar-refractivity contribution in [2.75, 3.05) is 17.4 Å². The molecule has 10 heteroatoms. The SMILES string of the molecule is CCCNC(=O)[C@H](CC)N(Cc1ccc(F)cc1)C(=O)CN(c1cccc(Cl)c1)S(=O)(=O)c1ccccc1. The van der Waals surface area contributed by atoms with E-state index in [1.54, 1.807) is 43.3 Å². The molecule has 3 aromatic rings. The first-order valence-corrected chi connectivity index (χ1v) is 14.1. The number of nitrogens with one attached hydrogen (secondary N) is 1. The highest BCUT2D eigenvalue weighted by Gasteiger charge is 2.33. The first kappa shape index (κ1) is 29.1. The molecule has 0 fully saturated rings. The van der Waals surface area contributed by atoms with E-state index < -0.39 is 34.3 Å². The van der Waals surface area contributed by atoms with Crippen LogP contribution in [0.4, 0.5) is 10.1 Å². The van der Waals surface area contributed by atoms with Crippen molar-refractivity contribution >= 4 is 39.1 Å². The highest BCUT2D eigenvalue weighted by molar-refractivity contribution is 7.92. The van der Waals surface area contributed by atoms with E-state index in [4.69, 9.17) is 11.6 Å². The van der Waals surface area contributed by atoms with Crippen LogP contribution in [0, 0.1) is 5.82 Å². The first-order valence-electron chi connectivity index (χ1n) is 12.3. The zero-order valence-corrected chi connectivity index (χ0v) is 22.9. The average molecular weight is 560 g/mol. The van der Waals surface area contributed by atoms with Crippen LogP contribution in [0.5, 0.6) is 0 Å². The Morgan fingerprint density at radius 3 is 2.26 bits per heavy atom. The standard InChI is InChI=1S/C28H31ClFN3O4S/c1-3-17-31-28(35)26(4-2)32(19-21-13-15-23(30)16-14-21)27(34)20-33(24-10-8-9-22(29)18-24)38(36,37)25-11-6-5-7-12-25/h5-16,18,26H,3-4,17,19-20H2,1-2H3,(H,31,35)/t26-/m0/s1. The molecule has 0 unspecified atom stereocenters. The zero-order valence-electron chi connectivity index (χ0n) is 21.3. The maximum atomic E-state index is 13.9. The summed E-state index contributed by atoms with van der Waals surface area (Å²) in [6.07, 6.45) is 1.01. The predicted octanol–water partition coefficient (Wildman–Crippen LogP) is 5.01. The molecule has 202 valence electrons. The monoisotopic (exact) mass is 559 g/mol. The number of carbonyl (C=O) groups is 2. The lowest BCUT2D eigenvalue weighted by atomic mass is 10.1. The molecule has 7 nitrogen and oxygen atoms in total. The van der Waals surface area contributed by atoms with Crippen LogP contribution in [0.25, 0.3) is 0 Å². The number of carbonyl (C=O) groups excluding carboxylic acids is 2. The molecule has 0 radical (unpaired) electrons. The van der Waals surface area contributed by atoms with Gasteiger partial charge in [-0.2, -0.15) is 0 Å². The lowest BCUT2D eigenvalue weighted by Gasteiger charge is -2.33. The van der Waals surface area contributed by atoms with Gasteiger partial charge in [0.05, 0.1) is 10.6 Å². The lowest BCUT2D eigenvalue weighted by molar-refractivity contribution is -0.140. The van der Waals surface area contributed by atoms with Gasteiger partial charge in [-0.05, 0) is 60.9 Å². The molecule has 0 spiro atoms. The molecule has 2 amide bonds. The fourth-order valence-electron chi connectivity index (χ4n) is 3.95. The average Bonchev–Trinajstić information content (AvgIpc) is 2.91. The summed E-state index contributed by atoms with van der Waals surface area (Å²) in [5.74, 6) is -1.36. The third kappa shape index (κ3) is 7.33. The molecule has 1 N–H and O–H groups in total. The Bertz CT molecular complexity index is 1340. The van der Waals surface area contributed by atoms with Crippen molar-refractivity contribution in [3.63, 3.8) is 0 Å². The highest BCUT2D eigenvalue weighted by atomic mass is 35.5. The summed E-state index contributed by atoms with van der Waals surface area (Å²) in [6, 6.07) is 18.7. The Kier molecular flexibility index (Phi) is 10.3. The van der Waals surface area contributed by atoms with E-state index in [2.05, 4.69) is 5.32 Å². The molecule has 0 heterocycles. The van der Waals surface area contributed by atoms with E-state index in [-0.39, 0.29) is 23.0 Å². The van der Waals surface area contributed by atoms with Gasteiger partial charge in [-0.25, -0.2) is 12.8 Å². The molecule has 38 heavy (non-hydrogen) atoms. The minimum atomic E-state index is -4.17. The molecule has 0 saturated heterocycles. The summed E-state index contributed by atoms with van der Waals surface area (Å²) < 4.78 is 41.9. The Morgan fingerprint density at radius 1 is 0.974 bits per heavy atom. The second kappa shape index (κ2) is 13.4. The second-order valence-electron chi connectivity index (χ2n) is 8.67. The van der Waals surface area contributed by atoms with E-state index in [1.807, 2.05) is 6.92 Å². The third-order valence-corrected chi connectivity index (χ3v) is 7.93. The van der Waals surface area contributed by atoms with Crippen LogP contribution in [0.3, 0.4) is 0 Å².